The average Bonchev–Trinajstić information content (AvgIpc) is 2.85. The lowest BCUT2D eigenvalue weighted by molar-refractivity contribution is 0.426. The van der Waals surface area contributed by atoms with Crippen molar-refractivity contribution in [3.05, 3.63) is 70.8 Å². The van der Waals surface area contributed by atoms with E-state index in [0.29, 0.717) is 30.8 Å². The Morgan fingerprint density at radius 2 is 1.85 bits per heavy atom. The quantitative estimate of drug-likeness (QED) is 0.773. The molecule has 0 N–H and O–H groups in total. The van der Waals surface area contributed by atoms with Crippen LogP contribution in [0, 0.1) is 18.6 Å². The Morgan fingerprint density at radius 3 is 2.58 bits per heavy atom. The van der Waals surface area contributed by atoms with Crippen LogP contribution in [0.2, 0.25) is 0 Å². The van der Waals surface area contributed by atoms with Crippen molar-refractivity contribution in [1.82, 2.24) is 4.31 Å². The number of benzene rings is 2. The smallest absolute Gasteiger partial charge is 0.212 e. The summed E-state index contributed by atoms with van der Waals surface area (Å²) in [6, 6.07) is 10.9. The van der Waals surface area contributed by atoms with E-state index in [0.717, 1.165) is 23.3 Å². The van der Waals surface area contributed by atoms with Crippen LogP contribution in [0.1, 0.15) is 28.4 Å². The lowest BCUT2D eigenvalue weighted by Gasteiger charge is -2.20. The highest BCUT2D eigenvalue weighted by molar-refractivity contribution is 7.99. The summed E-state index contributed by atoms with van der Waals surface area (Å²) in [7, 11) is -3.44. The summed E-state index contributed by atoms with van der Waals surface area (Å²) < 4.78 is 54.4. The van der Waals surface area contributed by atoms with Crippen LogP contribution >= 0.6 is 11.8 Å². The first-order valence-corrected chi connectivity index (χ1v) is 11.1. The topological polar surface area (TPSA) is 37.4 Å². The number of hydrogen-bond donors (Lipinski definition) is 0. The molecule has 0 bridgehead atoms. The van der Waals surface area contributed by atoms with Crippen molar-refractivity contribution < 1.29 is 17.2 Å². The highest BCUT2D eigenvalue weighted by atomic mass is 32.2. The molecule has 1 unspecified atom stereocenters. The summed E-state index contributed by atoms with van der Waals surface area (Å²) in [6.45, 7) is 2.64. The van der Waals surface area contributed by atoms with Crippen molar-refractivity contribution in [2.45, 2.75) is 24.3 Å². The molecule has 2 aromatic carbocycles. The summed E-state index contributed by atoms with van der Waals surface area (Å²) in [4.78, 5) is 0. The normalized spacial score (nSPS) is 19.3. The minimum Gasteiger partial charge on any atom is -0.212 e. The molecule has 26 heavy (non-hydrogen) atoms. The van der Waals surface area contributed by atoms with Crippen LogP contribution in [0.5, 0.6) is 0 Å². The molecule has 1 heterocycles. The summed E-state index contributed by atoms with van der Waals surface area (Å²) >= 11 is 1.48. The highest BCUT2D eigenvalue weighted by Crippen LogP contribution is 2.36. The summed E-state index contributed by atoms with van der Waals surface area (Å²) in [5.74, 6) is -0.417. The lowest BCUT2D eigenvalue weighted by atomic mass is 10.1. The first kappa shape index (κ1) is 19.3. The van der Waals surface area contributed by atoms with Gasteiger partial charge < -0.3 is 0 Å². The molecule has 3 rings (SSSR count). The highest BCUT2D eigenvalue weighted by Gasteiger charge is 2.28. The van der Waals surface area contributed by atoms with E-state index in [4.69, 9.17) is 0 Å². The maximum absolute atomic E-state index is 14.0. The number of sulfonamides is 1. The molecule has 0 saturated carbocycles. The second-order valence-electron chi connectivity index (χ2n) is 6.45. The van der Waals surface area contributed by atoms with Gasteiger partial charge in [0.2, 0.25) is 10.0 Å². The minimum absolute atomic E-state index is 0.0447. The van der Waals surface area contributed by atoms with Gasteiger partial charge in [0.25, 0.3) is 0 Å². The Bertz CT molecular complexity index is 870. The van der Waals surface area contributed by atoms with Crippen molar-refractivity contribution in [3.63, 3.8) is 0 Å². The van der Waals surface area contributed by atoms with Crippen LogP contribution < -0.4 is 0 Å². The number of hydrogen-bond acceptors (Lipinski definition) is 3. The van der Waals surface area contributed by atoms with Crippen molar-refractivity contribution in [2.75, 3.05) is 18.8 Å². The Kier molecular flexibility index (Phi) is 5.99. The van der Waals surface area contributed by atoms with E-state index < -0.39 is 21.7 Å². The SMILES string of the molecule is Cc1ccc(CS(=O)(=O)N2CCSC(c3cc(F)ccc3F)CC2)cc1. The summed E-state index contributed by atoms with van der Waals surface area (Å²) in [5.41, 5.74) is 2.14. The monoisotopic (exact) mass is 397 g/mol. The zero-order valence-electron chi connectivity index (χ0n) is 14.5. The lowest BCUT2D eigenvalue weighted by Crippen LogP contribution is -2.34. The van der Waals surface area contributed by atoms with Gasteiger partial charge in [-0.2, -0.15) is 11.8 Å². The molecule has 140 valence electrons. The Labute approximate surface area is 157 Å². The first-order valence-electron chi connectivity index (χ1n) is 8.45. The van der Waals surface area contributed by atoms with Gasteiger partial charge in [0, 0.05) is 29.7 Å². The molecule has 2 aromatic rings. The van der Waals surface area contributed by atoms with Gasteiger partial charge in [-0.3, -0.25) is 0 Å². The predicted molar refractivity (Wildman–Crippen MR) is 102 cm³/mol. The molecular weight excluding hydrogens is 376 g/mol. The van der Waals surface area contributed by atoms with Crippen molar-refractivity contribution in [2.24, 2.45) is 0 Å². The fraction of sp³-hybridized carbons (Fsp3) is 0.368. The Balaban J connectivity index is 1.71. The molecule has 3 nitrogen and oxygen atoms in total. The summed E-state index contributed by atoms with van der Waals surface area (Å²) in [5, 5.41) is -0.245. The zero-order valence-corrected chi connectivity index (χ0v) is 16.1. The van der Waals surface area contributed by atoms with E-state index in [1.54, 1.807) is 0 Å². The molecule has 0 amide bonds. The van der Waals surface area contributed by atoms with Crippen molar-refractivity contribution in [3.8, 4) is 0 Å². The van der Waals surface area contributed by atoms with E-state index in [1.165, 1.54) is 22.1 Å². The molecule has 0 spiro atoms. The number of rotatable bonds is 4. The second kappa shape index (κ2) is 8.06. The molecule has 1 saturated heterocycles. The van der Waals surface area contributed by atoms with Gasteiger partial charge in [0.15, 0.2) is 0 Å². The molecule has 7 heteroatoms. The average molecular weight is 398 g/mol. The fourth-order valence-electron chi connectivity index (χ4n) is 3.02. The third kappa shape index (κ3) is 4.64. The van der Waals surface area contributed by atoms with Crippen LogP contribution in [0.15, 0.2) is 42.5 Å². The maximum Gasteiger partial charge on any atom is 0.218 e. The van der Waals surface area contributed by atoms with E-state index in [9.17, 15) is 17.2 Å². The first-order chi connectivity index (χ1) is 12.3. The van der Waals surface area contributed by atoms with Gasteiger partial charge in [-0.25, -0.2) is 21.5 Å². The number of nitrogens with zero attached hydrogens (tertiary/aromatic N) is 1. The van der Waals surface area contributed by atoms with Gasteiger partial charge >= 0.3 is 0 Å². The number of halogens is 2. The van der Waals surface area contributed by atoms with Crippen LogP contribution in [0.4, 0.5) is 8.78 Å². The van der Waals surface area contributed by atoms with Gasteiger partial charge in [0.1, 0.15) is 11.6 Å². The van der Waals surface area contributed by atoms with Gasteiger partial charge in [-0.1, -0.05) is 29.8 Å². The van der Waals surface area contributed by atoms with E-state index in [2.05, 4.69) is 0 Å². The maximum atomic E-state index is 14.0. The largest absolute Gasteiger partial charge is 0.218 e. The van der Waals surface area contributed by atoms with Crippen molar-refractivity contribution >= 4 is 21.8 Å². The van der Waals surface area contributed by atoms with Crippen LogP contribution in [-0.2, 0) is 15.8 Å². The number of aryl methyl sites for hydroxylation is 1. The van der Waals surface area contributed by atoms with Crippen LogP contribution in [0.3, 0.4) is 0 Å². The van der Waals surface area contributed by atoms with Gasteiger partial charge in [0.05, 0.1) is 5.75 Å². The molecular formula is C19H21F2NO2S2. The summed E-state index contributed by atoms with van der Waals surface area (Å²) in [6.07, 6.45) is 0.457. The van der Waals surface area contributed by atoms with Crippen LogP contribution in [-0.4, -0.2) is 31.6 Å². The minimum atomic E-state index is -3.44. The van der Waals surface area contributed by atoms with Gasteiger partial charge in [-0.05, 0) is 37.1 Å². The standard InChI is InChI=1S/C19H21F2NO2S2/c1-14-2-4-15(5-3-14)13-26(23,24)22-9-8-19(25-11-10-22)17-12-16(20)6-7-18(17)21/h2-7,12,19H,8-11,13H2,1H3. The van der Waals surface area contributed by atoms with E-state index >= 15 is 0 Å². The molecule has 0 aliphatic carbocycles. The van der Waals surface area contributed by atoms with Gasteiger partial charge in [-0.15, -0.1) is 0 Å². The predicted octanol–water partition coefficient (Wildman–Crippen LogP) is 4.28. The van der Waals surface area contributed by atoms with Crippen molar-refractivity contribution in [1.29, 1.82) is 0 Å². The van der Waals surface area contributed by atoms with E-state index in [-0.39, 0.29) is 11.0 Å². The third-order valence-electron chi connectivity index (χ3n) is 4.47. The molecule has 1 atom stereocenters. The zero-order chi connectivity index (χ0) is 18.7. The third-order valence-corrected chi connectivity index (χ3v) is 7.63. The second-order valence-corrected chi connectivity index (χ2v) is 9.73. The van der Waals surface area contributed by atoms with E-state index in [1.807, 2.05) is 31.2 Å². The Hall–Kier alpha value is -1.44. The number of thioether (sulfide) groups is 1. The van der Waals surface area contributed by atoms with Crippen LogP contribution in [0.25, 0.3) is 0 Å². The molecule has 0 radical (unpaired) electrons. The Morgan fingerprint density at radius 1 is 1.12 bits per heavy atom. The molecule has 0 aromatic heterocycles. The molecule has 1 fully saturated rings. The molecule has 1 aliphatic rings. The molecule has 1 aliphatic heterocycles. The fourth-order valence-corrected chi connectivity index (χ4v) is 5.93.